The highest BCUT2D eigenvalue weighted by Crippen LogP contribution is 2.30. The molecule has 0 saturated heterocycles. The largest absolute Gasteiger partial charge is 0.612 e. The van der Waals surface area contributed by atoms with Gasteiger partial charge in [0.1, 0.15) is 17.3 Å². The zero-order chi connectivity index (χ0) is 26.6. The first-order chi connectivity index (χ1) is 17.1. The summed E-state index contributed by atoms with van der Waals surface area (Å²) in [6, 6.07) is 9.07. The number of aromatic nitrogens is 2. The number of primary amides is 1. The summed E-state index contributed by atoms with van der Waals surface area (Å²) in [6.45, 7) is 0. The molecule has 0 spiro atoms. The molecule has 0 fully saturated rings. The molecule has 36 heavy (non-hydrogen) atoms. The topological polar surface area (TPSA) is 252 Å². The van der Waals surface area contributed by atoms with Crippen molar-refractivity contribution < 1.29 is 29.0 Å². The van der Waals surface area contributed by atoms with E-state index >= 15 is 0 Å². The van der Waals surface area contributed by atoms with Crippen molar-refractivity contribution >= 4 is 35.0 Å². The summed E-state index contributed by atoms with van der Waals surface area (Å²) in [4.78, 5) is 55.6. The summed E-state index contributed by atoms with van der Waals surface area (Å²) in [6.07, 6.45) is 0. The van der Waals surface area contributed by atoms with Gasteiger partial charge in [0.25, 0.3) is 17.6 Å². The SMILES string of the molecule is COC(=O)C(=O)C(/C(=N/N)C(=O)Nc1ccccc1C(N)=O)c1nc2ccc(=[N+]([O-])[O-])cc-2[nH]c1O. The molecule has 1 aromatic carbocycles. The number of hydrogen-bond donors (Lipinski definition) is 5. The van der Waals surface area contributed by atoms with Crippen LogP contribution in [0.3, 0.4) is 0 Å². The molecule has 3 rings (SSSR count). The van der Waals surface area contributed by atoms with E-state index < -0.39 is 51.7 Å². The van der Waals surface area contributed by atoms with Gasteiger partial charge in [0, 0.05) is 12.1 Å². The molecule has 2 aliphatic rings. The molecule has 1 aliphatic carbocycles. The number of aromatic hydroxyl groups is 1. The molecule has 1 atom stereocenters. The lowest BCUT2D eigenvalue weighted by atomic mass is 9.92. The van der Waals surface area contributed by atoms with Gasteiger partial charge in [0.05, 0.1) is 29.7 Å². The number of fused-ring (bicyclic) bond motifs is 1. The number of amides is 2. The first kappa shape index (κ1) is 25.2. The van der Waals surface area contributed by atoms with E-state index in [4.69, 9.17) is 11.6 Å². The minimum atomic E-state index is -1.97. The Balaban J connectivity index is 2.15. The number of para-hydroxylation sites is 1. The Morgan fingerprint density at radius 1 is 1.19 bits per heavy atom. The third-order valence-corrected chi connectivity index (χ3v) is 4.94. The van der Waals surface area contributed by atoms with Crippen LogP contribution in [0.4, 0.5) is 5.69 Å². The van der Waals surface area contributed by atoms with Crippen molar-refractivity contribution in [2.75, 3.05) is 12.4 Å². The van der Waals surface area contributed by atoms with Crippen LogP contribution >= 0.6 is 0 Å². The maximum Gasteiger partial charge on any atom is 0.375 e. The fourth-order valence-corrected chi connectivity index (χ4v) is 3.26. The van der Waals surface area contributed by atoms with Gasteiger partial charge >= 0.3 is 5.97 Å². The maximum atomic E-state index is 13.1. The van der Waals surface area contributed by atoms with E-state index in [1.165, 1.54) is 30.3 Å². The highest BCUT2D eigenvalue weighted by atomic mass is 16.8. The van der Waals surface area contributed by atoms with Gasteiger partial charge in [0.2, 0.25) is 11.2 Å². The van der Waals surface area contributed by atoms with Crippen molar-refractivity contribution in [1.29, 1.82) is 0 Å². The number of Topliss-reactive ketones (excluding diaryl/α,β-unsaturated/α-hetero) is 1. The van der Waals surface area contributed by atoms with E-state index in [0.29, 0.717) is 0 Å². The summed E-state index contributed by atoms with van der Waals surface area (Å²) >= 11 is 0. The van der Waals surface area contributed by atoms with Crippen LogP contribution in [-0.2, 0) is 19.1 Å². The van der Waals surface area contributed by atoms with Crippen LogP contribution in [-0.4, -0.2) is 51.5 Å². The Morgan fingerprint density at radius 3 is 2.50 bits per heavy atom. The molecule has 7 N–H and O–H groups in total. The summed E-state index contributed by atoms with van der Waals surface area (Å²) in [5.41, 5.74) is 3.92. The molecule has 1 aromatic rings. The lowest BCUT2D eigenvalue weighted by Crippen LogP contribution is -2.38. The fraction of sp³-hybridized carbons (Fsp3) is 0.0952. The molecule has 2 amide bonds. The van der Waals surface area contributed by atoms with Gasteiger partial charge in [-0.15, -0.1) is 0 Å². The average Bonchev–Trinajstić information content (AvgIpc) is 2.85. The molecular weight excluding hydrogens is 478 g/mol. The summed E-state index contributed by atoms with van der Waals surface area (Å²) in [5.74, 6) is -2.15. The van der Waals surface area contributed by atoms with Crippen LogP contribution in [0.2, 0.25) is 0 Å². The number of carbonyl (C=O) groups excluding carboxylic acids is 4. The van der Waals surface area contributed by atoms with Gasteiger partial charge in [-0.1, -0.05) is 12.1 Å². The molecular formula is C21H18N7O8-. The maximum absolute atomic E-state index is 13.1. The van der Waals surface area contributed by atoms with E-state index in [2.05, 4.69) is 25.1 Å². The van der Waals surface area contributed by atoms with Crippen LogP contribution in [0, 0.1) is 10.4 Å². The molecule has 0 radical (unpaired) electrons. The zero-order valence-electron chi connectivity index (χ0n) is 18.4. The number of ketones is 1. The summed E-state index contributed by atoms with van der Waals surface area (Å²) < 4.78 is 4.46. The van der Waals surface area contributed by atoms with Crippen LogP contribution in [0.25, 0.3) is 11.4 Å². The number of nitrogens with zero attached hydrogens (tertiary/aromatic N) is 3. The van der Waals surface area contributed by atoms with E-state index in [-0.39, 0.29) is 28.0 Å². The van der Waals surface area contributed by atoms with E-state index in [1.54, 1.807) is 0 Å². The first-order valence-corrected chi connectivity index (χ1v) is 9.89. The van der Waals surface area contributed by atoms with Crippen LogP contribution in [0.1, 0.15) is 22.0 Å². The number of nitrogens with one attached hydrogen (secondary N) is 2. The Labute approximate surface area is 201 Å². The lowest BCUT2D eigenvalue weighted by molar-refractivity contribution is -0.151. The summed E-state index contributed by atoms with van der Waals surface area (Å²) in [7, 11) is 0.915. The molecule has 1 aliphatic heterocycles. The van der Waals surface area contributed by atoms with Crippen molar-refractivity contribution in [1.82, 2.24) is 14.9 Å². The van der Waals surface area contributed by atoms with E-state index in [1.807, 2.05) is 0 Å². The number of anilines is 1. The first-order valence-electron chi connectivity index (χ1n) is 9.89. The fourth-order valence-electron chi connectivity index (χ4n) is 3.26. The smallest absolute Gasteiger partial charge is 0.375 e. The number of H-pyrrole nitrogens is 1. The number of ether oxygens (including phenoxy) is 1. The lowest BCUT2D eigenvalue weighted by Gasteiger charge is -2.19. The van der Waals surface area contributed by atoms with Gasteiger partial charge in [-0.2, -0.15) is 10.0 Å². The zero-order valence-corrected chi connectivity index (χ0v) is 18.4. The van der Waals surface area contributed by atoms with Gasteiger partial charge in [0.15, 0.2) is 0 Å². The monoisotopic (exact) mass is 496 g/mol. The van der Waals surface area contributed by atoms with Crippen LogP contribution in [0.5, 0.6) is 5.88 Å². The van der Waals surface area contributed by atoms with E-state index in [0.717, 1.165) is 19.2 Å². The number of methoxy groups -OCH3 is 1. The van der Waals surface area contributed by atoms with E-state index in [9.17, 15) is 34.7 Å². The van der Waals surface area contributed by atoms with Crippen molar-refractivity contribution in [2.24, 2.45) is 16.7 Å². The highest BCUT2D eigenvalue weighted by molar-refractivity contribution is 6.54. The number of hydrazone groups is 1. The Hall–Kier alpha value is -5.47. The summed E-state index contributed by atoms with van der Waals surface area (Å²) in [5, 5.41) is 38.0. The van der Waals surface area contributed by atoms with Crippen LogP contribution < -0.4 is 27.2 Å². The van der Waals surface area contributed by atoms with Crippen molar-refractivity contribution in [3.8, 4) is 17.3 Å². The highest BCUT2D eigenvalue weighted by Gasteiger charge is 2.39. The second-order valence-corrected chi connectivity index (χ2v) is 7.10. The van der Waals surface area contributed by atoms with Crippen molar-refractivity contribution in [3.63, 3.8) is 0 Å². The van der Waals surface area contributed by atoms with Crippen LogP contribution in [0.15, 0.2) is 47.6 Å². The van der Waals surface area contributed by atoms with Gasteiger partial charge in [-0.05, 0) is 18.2 Å². The average molecular weight is 496 g/mol. The van der Waals surface area contributed by atoms with Gasteiger partial charge < -0.3 is 42.1 Å². The number of rotatable bonds is 7. The minimum absolute atomic E-state index is 0.0146. The Kier molecular flexibility index (Phi) is 7.13. The third-order valence-electron chi connectivity index (χ3n) is 4.94. The normalized spacial score (nSPS) is 12.0. The number of carbonyl (C=O) groups is 4. The number of hydrogen-bond acceptors (Lipinski definition) is 11. The molecule has 0 bridgehead atoms. The molecule has 1 unspecified atom stereocenters. The predicted molar refractivity (Wildman–Crippen MR) is 124 cm³/mol. The van der Waals surface area contributed by atoms with Gasteiger partial charge in [-0.25, -0.2) is 9.78 Å². The van der Waals surface area contributed by atoms with Gasteiger partial charge in [-0.3, -0.25) is 14.4 Å². The predicted octanol–water partition coefficient (Wildman–Crippen LogP) is -1.13. The second-order valence-electron chi connectivity index (χ2n) is 7.10. The van der Waals surface area contributed by atoms with Crippen molar-refractivity contribution in [2.45, 2.75) is 5.92 Å². The molecule has 15 nitrogen and oxygen atoms in total. The number of nitrogens with two attached hydrogens (primary N) is 2. The quantitative estimate of drug-likeness (QED) is 0.0864. The Bertz CT molecular complexity index is 1440. The molecule has 0 aromatic heterocycles. The minimum Gasteiger partial charge on any atom is -0.612 e. The molecule has 15 heteroatoms. The Morgan fingerprint density at radius 2 is 1.89 bits per heavy atom. The van der Waals surface area contributed by atoms with Crippen molar-refractivity contribution in [3.05, 3.63) is 69.5 Å². The standard InChI is InChI=1S/C21H18N7O8/c1-36-21(33)17(29)14(15-19(31)26-13-8-9(28(34)35)6-7-12(13)24-15)16(27-23)20(32)25-11-5-3-2-4-10(11)18(22)30/h2-8,14H,1H3,(H7-,22,23,24,25,26,27,29,30,31,32,33,34,35)/q-1. The number of esters is 1. The molecule has 1 heterocycles. The molecule has 186 valence electrons. The number of aromatic amines is 1. The third kappa shape index (κ3) is 4.89. The molecule has 0 saturated carbocycles. The second kappa shape index (κ2) is 10.2. The number of benzene rings is 2.